The van der Waals surface area contributed by atoms with Gasteiger partial charge in [0.15, 0.2) is 0 Å². The largest absolute Gasteiger partial charge is 0.313 e. The van der Waals surface area contributed by atoms with E-state index < -0.39 is 10.0 Å². The fraction of sp³-hybridized carbons (Fsp3) is 0.600. The van der Waals surface area contributed by atoms with Gasteiger partial charge in [-0.05, 0) is 57.2 Å². The lowest BCUT2D eigenvalue weighted by molar-refractivity contribution is 0.248. The summed E-state index contributed by atoms with van der Waals surface area (Å²) in [6, 6.07) is 7.15. The minimum Gasteiger partial charge on any atom is -0.313 e. The smallest absolute Gasteiger partial charge is 0.240 e. The number of hydrogen-bond donors (Lipinski definition) is 2. The van der Waals surface area contributed by atoms with Gasteiger partial charge in [0, 0.05) is 12.6 Å². The molecule has 0 bridgehead atoms. The predicted molar refractivity (Wildman–Crippen MR) is 84.7 cm³/mol. The van der Waals surface area contributed by atoms with Gasteiger partial charge in [-0.15, -0.1) is 0 Å². The number of piperidine rings is 1. The Hall–Kier alpha value is -0.950. The number of likely N-dealkylation sites (tertiary alicyclic amines) is 1. The highest BCUT2D eigenvalue weighted by molar-refractivity contribution is 7.89. The van der Waals surface area contributed by atoms with Crippen LogP contribution in [0.3, 0.4) is 0 Å². The van der Waals surface area contributed by atoms with Crippen LogP contribution < -0.4 is 10.0 Å². The summed E-state index contributed by atoms with van der Waals surface area (Å²) in [6.45, 7) is 5.59. The first kappa shape index (κ1) is 16.4. The molecular formula is C15H25N3O2S. The van der Waals surface area contributed by atoms with Crippen LogP contribution in [0.1, 0.15) is 25.3 Å². The van der Waals surface area contributed by atoms with E-state index in [1.54, 1.807) is 12.1 Å². The van der Waals surface area contributed by atoms with Crippen molar-refractivity contribution >= 4 is 10.0 Å². The van der Waals surface area contributed by atoms with Gasteiger partial charge in [-0.25, -0.2) is 13.1 Å². The Morgan fingerprint density at radius 2 is 1.81 bits per heavy atom. The Bertz CT molecular complexity index is 535. The second-order valence-corrected chi connectivity index (χ2v) is 7.34. The molecular weight excluding hydrogens is 286 g/mol. The van der Waals surface area contributed by atoms with Crippen molar-refractivity contribution < 1.29 is 8.42 Å². The number of sulfonamides is 1. The Morgan fingerprint density at radius 3 is 2.38 bits per heavy atom. The number of nitrogens with one attached hydrogen (secondary N) is 2. The van der Waals surface area contributed by atoms with E-state index in [-0.39, 0.29) is 6.04 Å². The number of nitrogens with zero attached hydrogens (tertiary/aromatic N) is 1. The van der Waals surface area contributed by atoms with E-state index in [0.29, 0.717) is 4.90 Å². The first-order valence-corrected chi connectivity index (χ1v) is 9.00. The Morgan fingerprint density at radius 1 is 1.19 bits per heavy atom. The van der Waals surface area contributed by atoms with Crippen LogP contribution in [0.5, 0.6) is 0 Å². The summed E-state index contributed by atoms with van der Waals surface area (Å²) in [4.78, 5) is 2.57. The monoisotopic (exact) mass is 311 g/mol. The van der Waals surface area contributed by atoms with E-state index >= 15 is 0 Å². The molecule has 0 radical (unpaired) electrons. The lowest BCUT2D eigenvalue weighted by atomic mass is 10.1. The zero-order chi connectivity index (χ0) is 15.3. The molecule has 0 atom stereocenters. The van der Waals surface area contributed by atoms with Crippen LogP contribution in [0.4, 0.5) is 0 Å². The fourth-order valence-electron chi connectivity index (χ4n) is 2.47. The highest BCUT2D eigenvalue weighted by Gasteiger charge is 2.23. The second-order valence-electron chi connectivity index (χ2n) is 5.62. The van der Waals surface area contributed by atoms with Gasteiger partial charge >= 0.3 is 0 Å². The van der Waals surface area contributed by atoms with Gasteiger partial charge in [0.1, 0.15) is 0 Å². The first-order chi connectivity index (χ1) is 10.0. The maximum absolute atomic E-state index is 12.4. The second kappa shape index (κ2) is 7.35. The molecule has 0 aliphatic carbocycles. The van der Waals surface area contributed by atoms with E-state index in [0.717, 1.165) is 44.6 Å². The third-order valence-electron chi connectivity index (χ3n) is 3.85. The quantitative estimate of drug-likeness (QED) is 0.828. The molecule has 1 aromatic rings. The van der Waals surface area contributed by atoms with Crippen LogP contribution in [0.25, 0.3) is 0 Å². The van der Waals surface area contributed by atoms with Crippen molar-refractivity contribution in [3.05, 3.63) is 29.8 Å². The average Bonchev–Trinajstić information content (AvgIpc) is 2.48. The Balaban J connectivity index is 1.98. The summed E-state index contributed by atoms with van der Waals surface area (Å²) >= 11 is 0. The van der Waals surface area contributed by atoms with E-state index in [9.17, 15) is 8.42 Å². The summed E-state index contributed by atoms with van der Waals surface area (Å²) < 4.78 is 27.6. The van der Waals surface area contributed by atoms with Crippen LogP contribution in [0.15, 0.2) is 29.2 Å². The summed E-state index contributed by atoms with van der Waals surface area (Å²) in [5.41, 5.74) is 1.09. The van der Waals surface area contributed by atoms with E-state index in [1.807, 2.05) is 19.1 Å². The van der Waals surface area contributed by atoms with Crippen LogP contribution >= 0.6 is 0 Å². The topological polar surface area (TPSA) is 61.4 Å². The summed E-state index contributed by atoms with van der Waals surface area (Å²) in [5.74, 6) is 0. The maximum Gasteiger partial charge on any atom is 0.240 e. The molecule has 6 heteroatoms. The summed E-state index contributed by atoms with van der Waals surface area (Å²) in [6.07, 6.45) is 1.74. The molecule has 1 aliphatic rings. The van der Waals surface area contributed by atoms with Gasteiger partial charge in [0.05, 0.1) is 4.90 Å². The Labute approximate surface area is 127 Å². The molecule has 1 fully saturated rings. The third-order valence-corrected chi connectivity index (χ3v) is 5.39. The van der Waals surface area contributed by atoms with Crippen LogP contribution in [0.2, 0.25) is 0 Å². The number of benzene rings is 1. The maximum atomic E-state index is 12.4. The lowest BCUT2D eigenvalue weighted by Crippen LogP contribution is -2.43. The molecule has 1 aliphatic heterocycles. The molecule has 5 nitrogen and oxygen atoms in total. The van der Waals surface area contributed by atoms with Crippen molar-refractivity contribution in [2.75, 3.05) is 26.7 Å². The Kier molecular flexibility index (Phi) is 5.75. The van der Waals surface area contributed by atoms with Crippen LogP contribution in [-0.2, 0) is 16.6 Å². The zero-order valence-electron chi connectivity index (χ0n) is 12.8. The van der Waals surface area contributed by atoms with E-state index in [4.69, 9.17) is 0 Å². The van der Waals surface area contributed by atoms with Gasteiger partial charge in [0.25, 0.3) is 0 Å². The molecule has 1 heterocycles. The van der Waals surface area contributed by atoms with Gasteiger partial charge in [-0.3, -0.25) is 0 Å². The van der Waals surface area contributed by atoms with Crippen LogP contribution in [-0.4, -0.2) is 46.0 Å². The third kappa shape index (κ3) is 4.78. The minimum atomic E-state index is -3.40. The van der Waals surface area contributed by atoms with Crippen molar-refractivity contribution in [3.63, 3.8) is 0 Å². The van der Waals surface area contributed by atoms with Crippen molar-refractivity contribution in [2.45, 2.75) is 37.2 Å². The van der Waals surface area contributed by atoms with E-state index in [2.05, 4.69) is 22.0 Å². The molecule has 1 saturated heterocycles. The molecule has 1 aromatic carbocycles. The summed E-state index contributed by atoms with van der Waals surface area (Å²) in [5, 5.41) is 3.22. The molecule has 2 rings (SSSR count). The first-order valence-electron chi connectivity index (χ1n) is 7.52. The van der Waals surface area contributed by atoms with Crippen molar-refractivity contribution in [3.8, 4) is 0 Å². The van der Waals surface area contributed by atoms with Gasteiger partial charge in [-0.1, -0.05) is 19.1 Å². The molecule has 2 N–H and O–H groups in total. The van der Waals surface area contributed by atoms with Gasteiger partial charge in [0.2, 0.25) is 10.0 Å². The van der Waals surface area contributed by atoms with E-state index in [1.165, 1.54) is 0 Å². The number of hydrogen-bond acceptors (Lipinski definition) is 4. The fourth-order valence-corrected chi connectivity index (χ4v) is 3.77. The standard InChI is InChI=1S/C15H25N3O2S/c1-3-16-12-13-4-6-15(7-5-13)21(19,20)17-14-8-10-18(2)11-9-14/h4-7,14,16-17H,3,8-12H2,1-2H3. The predicted octanol–water partition coefficient (Wildman–Crippen LogP) is 1.17. The molecule has 21 heavy (non-hydrogen) atoms. The molecule has 0 spiro atoms. The normalized spacial score (nSPS) is 18.0. The van der Waals surface area contributed by atoms with Crippen molar-refractivity contribution in [1.29, 1.82) is 0 Å². The highest BCUT2D eigenvalue weighted by atomic mass is 32.2. The average molecular weight is 311 g/mol. The molecule has 0 amide bonds. The lowest BCUT2D eigenvalue weighted by Gasteiger charge is -2.29. The molecule has 0 unspecified atom stereocenters. The van der Waals surface area contributed by atoms with Gasteiger partial charge < -0.3 is 10.2 Å². The molecule has 0 saturated carbocycles. The minimum absolute atomic E-state index is 0.0487. The van der Waals surface area contributed by atoms with Gasteiger partial charge in [-0.2, -0.15) is 0 Å². The summed E-state index contributed by atoms with van der Waals surface area (Å²) in [7, 11) is -1.34. The highest BCUT2D eigenvalue weighted by Crippen LogP contribution is 2.15. The number of rotatable bonds is 6. The molecule has 0 aromatic heterocycles. The molecule has 118 valence electrons. The SMILES string of the molecule is CCNCc1ccc(S(=O)(=O)NC2CCN(C)CC2)cc1. The van der Waals surface area contributed by atoms with Crippen molar-refractivity contribution in [2.24, 2.45) is 0 Å². The zero-order valence-corrected chi connectivity index (χ0v) is 13.6. The van der Waals surface area contributed by atoms with Crippen LogP contribution in [0, 0.1) is 0 Å². The van der Waals surface area contributed by atoms with Crippen molar-refractivity contribution in [1.82, 2.24) is 14.9 Å².